The Morgan fingerprint density at radius 3 is 2.44 bits per heavy atom. The molecule has 1 aliphatic heterocycles. The molecule has 0 aliphatic carbocycles. The summed E-state index contributed by atoms with van der Waals surface area (Å²) in [6.45, 7) is 0. The summed E-state index contributed by atoms with van der Waals surface area (Å²) in [5.41, 5.74) is -0.103. The van der Waals surface area contributed by atoms with Gasteiger partial charge in [-0.25, -0.2) is 18.2 Å². The van der Waals surface area contributed by atoms with E-state index in [2.05, 4.69) is 5.10 Å². The number of thioether (sulfide) groups is 1. The topological polar surface area (TPSA) is 74.9 Å². The Hall–Kier alpha value is -3.68. The fraction of sp³-hybridized carbons (Fsp3) is 0.0870. The van der Waals surface area contributed by atoms with Gasteiger partial charge in [-0.15, -0.1) is 5.26 Å². The van der Waals surface area contributed by atoms with Gasteiger partial charge in [-0.05, 0) is 18.2 Å². The molecule has 34 heavy (non-hydrogen) atoms. The Balaban J connectivity index is 1.86. The molecule has 172 valence electrons. The molecule has 1 unspecified atom stereocenters. The largest absolute Gasteiger partial charge is 0.493 e. The molecule has 1 heterocycles. The Labute approximate surface area is 201 Å². The fourth-order valence-corrected chi connectivity index (χ4v) is 4.60. The van der Waals surface area contributed by atoms with E-state index in [1.54, 1.807) is 48.7 Å². The lowest BCUT2D eigenvalue weighted by atomic mass is 10.1. The number of carbonyl (C=O) groups is 1. The highest BCUT2D eigenvalue weighted by atomic mass is 35.5. The number of amides is 1. The number of benzene rings is 3. The van der Waals surface area contributed by atoms with Crippen molar-refractivity contribution in [2.75, 3.05) is 7.11 Å². The van der Waals surface area contributed by atoms with Crippen molar-refractivity contribution in [1.82, 2.24) is 5.01 Å². The van der Waals surface area contributed by atoms with Crippen molar-refractivity contribution in [2.45, 2.75) is 5.37 Å². The average molecular weight is 504 g/mol. The number of hydrazone groups is 1. The van der Waals surface area contributed by atoms with Crippen LogP contribution in [0.1, 0.15) is 26.9 Å². The summed E-state index contributed by atoms with van der Waals surface area (Å²) in [6.07, 6.45) is 1.57. The van der Waals surface area contributed by atoms with E-state index in [-0.39, 0.29) is 17.1 Å². The van der Waals surface area contributed by atoms with Gasteiger partial charge < -0.3 is 9.47 Å². The van der Waals surface area contributed by atoms with Crippen molar-refractivity contribution < 1.29 is 27.4 Å². The molecule has 0 N–H and O–H groups in total. The molecule has 0 aromatic heterocycles. The third kappa shape index (κ3) is 4.40. The normalized spacial score (nSPS) is 15.0. The maximum atomic E-state index is 14.4. The van der Waals surface area contributed by atoms with Gasteiger partial charge in [0.1, 0.15) is 33.4 Å². The third-order valence-corrected chi connectivity index (χ3v) is 6.28. The van der Waals surface area contributed by atoms with Gasteiger partial charge in [0, 0.05) is 28.3 Å². The standard InChI is InChI=1S/C23H13ClF3N3O3S/c1-32-18-4-2-3-15(20(18)33-11-28)23-30(22(31)19-16(26)9-14(25)10-17(19)27)29-21(34-23)12-5-7-13(24)8-6-12/h2-10,23H,1H3. The summed E-state index contributed by atoms with van der Waals surface area (Å²) in [4.78, 5) is 13.3. The minimum absolute atomic E-state index is 0.00964. The molecule has 0 bridgehead atoms. The van der Waals surface area contributed by atoms with Crippen LogP contribution in [-0.2, 0) is 0 Å². The van der Waals surface area contributed by atoms with Crippen molar-refractivity contribution in [2.24, 2.45) is 5.10 Å². The Kier molecular flexibility index (Phi) is 6.68. The SMILES string of the molecule is COc1cccc(C2SC(c3ccc(Cl)cc3)=NN2C(=O)c2c(F)cc(F)cc2F)c1OC#N. The van der Waals surface area contributed by atoms with Gasteiger partial charge in [0.05, 0.1) is 7.11 Å². The van der Waals surface area contributed by atoms with Crippen LogP contribution in [0.25, 0.3) is 0 Å². The van der Waals surface area contributed by atoms with Crippen molar-refractivity contribution in [3.8, 4) is 17.8 Å². The number of para-hydroxylation sites is 1. The highest BCUT2D eigenvalue weighted by Gasteiger charge is 2.39. The Morgan fingerprint density at radius 1 is 1.15 bits per heavy atom. The van der Waals surface area contributed by atoms with E-state index < -0.39 is 34.3 Å². The first-order chi connectivity index (χ1) is 16.3. The lowest BCUT2D eigenvalue weighted by molar-refractivity contribution is 0.0738. The second-order valence-corrected chi connectivity index (χ2v) is 8.35. The van der Waals surface area contributed by atoms with Gasteiger partial charge in [0.15, 0.2) is 11.5 Å². The van der Waals surface area contributed by atoms with Crippen LogP contribution < -0.4 is 9.47 Å². The van der Waals surface area contributed by atoms with Gasteiger partial charge in [-0.3, -0.25) is 4.79 Å². The lowest BCUT2D eigenvalue weighted by Crippen LogP contribution is -2.28. The van der Waals surface area contributed by atoms with E-state index in [0.29, 0.717) is 27.8 Å². The highest BCUT2D eigenvalue weighted by Crippen LogP contribution is 2.47. The number of hydrogen-bond donors (Lipinski definition) is 0. The van der Waals surface area contributed by atoms with Gasteiger partial charge in [-0.2, -0.15) is 5.10 Å². The summed E-state index contributed by atoms with van der Waals surface area (Å²) >= 11 is 7.03. The van der Waals surface area contributed by atoms with Crippen LogP contribution in [0.4, 0.5) is 13.2 Å². The molecule has 11 heteroatoms. The number of ether oxygens (including phenoxy) is 2. The first-order valence-electron chi connectivity index (χ1n) is 9.56. The van der Waals surface area contributed by atoms with E-state index in [1.165, 1.54) is 7.11 Å². The number of hydrogen-bond acceptors (Lipinski definition) is 6. The zero-order chi connectivity index (χ0) is 24.4. The summed E-state index contributed by atoms with van der Waals surface area (Å²) < 4.78 is 52.6. The maximum absolute atomic E-state index is 14.4. The van der Waals surface area contributed by atoms with Crippen LogP contribution in [0.15, 0.2) is 59.7 Å². The van der Waals surface area contributed by atoms with Crippen molar-refractivity contribution in [3.63, 3.8) is 0 Å². The summed E-state index contributed by atoms with van der Waals surface area (Å²) in [7, 11) is 1.37. The van der Waals surface area contributed by atoms with Crippen molar-refractivity contribution >= 4 is 34.3 Å². The molecule has 1 aliphatic rings. The summed E-state index contributed by atoms with van der Waals surface area (Å²) in [6, 6.07) is 12.1. The molecule has 4 rings (SSSR count). The van der Waals surface area contributed by atoms with E-state index in [4.69, 9.17) is 26.3 Å². The predicted octanol–water partition coefficient (Wildman–Crippen LogP) is 5.88. The van der Waals surface area contributed by atoms with Gasteiger partial charge in [-0.1, -0.05) is 47.6 Å². The summed E-state index contributed by atoms with van der Waals surface area (Å²) in [5.74, 6) is -4.86. The molecule has 6 nitrogen and oxygen atoms in total. The van der Waals surface area contributed by atoms with Crippen LogP contribution >= 0.6 is 23.4 Å². The molecule has 0 radical (unpaired) electrons. The Bertz CT molecular complexity index is 1320. The van der Waals surface area contributed by atoms with Crippen molar-refractivity contribution in [1.29, 1.82) is 5.26 Å². The van der Waals surface area contributed by atoms with Gasteiger partial charge >= 0.3 is 0 Å². The van der Waals surface area contributed by atoms with Crippen LogP contribution in [0.5, 0.6) is 11.5 Å². The van der Waals surface area contributed by atoms with Crippen LogP contribution in [0.3, 0.4) is 0 Å². The lowest BCUT2D eigenvalue weighted by Gasteiger charge is -2.23. The molecule has 1 atom stereocenters. The average Bonchev–Trinajstić information content (AvgIpc) is 3.24. The summed E-state index contributed by atoms with van der Waals surface area (Å²) in [5, 5.41) is 14.1. The Morgan fingerprint density at radius 2 is 1.82 bits per heavy atom. The van der Waals surface area contributed by atoms with E-state index in [1.807, 2.05) is 0 Å². The first-order valence-corrected chi connectivity index (χ1v) is 10.8. The van der Waals surface area contributed by atoms with Crippen LogP contribution in [0, 0.1) is 29.0 Å². The zero-order valence-electron chi connectivity index (χ0n) is 17.3. The molecule has 3 aromatic carbocycles. The van der Waals surface area contributed by atoms with Crippen molar-refractivity contribution in [3.05, 3.63) is 93.8 Å². The van der Waals surface area contributed by atoms with Gasteiger partial charge in [0.25, 0.3) is 12.2 Å². The number of halogens is 4. The van der Waals surface area contributed by atoms with E-state index in [9.17, 15) is 18.0 Å². The van der Waals surface area contributed by atoms with E-state index in [0.717, 1.165) is 16.8 Å². The van der Waals surface area contributed by atoms with E-state index >= 15 is 0 Å². The molecule has 0 saturated carbocycles. The number of rotatable bonds is 5. The zero-order valence-corrected chi connectivity index (χ0v) is 18.8. The quantitative estimate of drug-likeness (QED) is 0.407. The minimum atomic E-state index is -1.37. The molecule has 0 fully saturated rings. The molecule has 0 spiro atoms. The molecular formula is C23H13ClF3N3O3S. The van der Waals surface area contributed by atoms with Gasteiger partial charge in [0.2, 0.25) is 0 Å². The molecule has 1 amide bonds. The number of nitrogens with zero attached hydrogens (tertiary/aromatic N) is 3. The first kappa shape index (κ1) is 23.5. The fourth-order valence-electron chi connectivity index (χ4n) is 3.30. The number of carbonyl (C=O) groups excluding carboxylic acids is 1. The van der Waals surface area contributed by atoms with Crippen LogP contribution in [-0.4, -0.2) is 23.1 Å². The molecular weight excluding hydrogens is 491 g/mol. The number of methoxy groups -OCH3 is 1. The minimum Gasteiger partial charge on any atom is -0.493 e. The third-order valence-electron chi connectivity index (χ3n) is 4.81. The maximum Gasteiger partial charge on any atom is 0.292 e. The second-order valence-electron chi connectivity index (χ2n) is 6.85. The van der Waals surface area contributed by atoms with Crippen LogP contribution in [0.2, 0.25) is 5.02 Å². The molecule has 0 saturated heterocycles. The monoisotopic (exact) mass is 503 g/mol. The number of nitriles is 1. The highest BCUT2D eigenvalue weighted by molar-refractivity contribution is 8.14. The second kappa shape index (κ2) is 9.67. The molecule has 3 aromatic rings. The smallest absolute Gasteiger partial charge is 0.292 e. The predicted molar refractivity (Wildman–Crippen MR) is 120 cm³/mol.